The van der Waals surface area contributed by atoms with Crippen LogP contribution in [0.3, 0.4) is 0 Å². The molecule has 0 amide bonds. The highest BCUT2D eigenvalue weighted by molar-refractivity contribution is 6.06. The minimum Gasteiger partial charge on any atom is -0.493 e. The van der Waals surface area contributed by atoms with Crippen LogP contribution in [0.1, 0.15) is 302 Å². The second-order valence-corrected chi connectivity index (χ2v) is 30.8. The maximum absolute atomic E-state index is 12.8. The van der Waals surface area contributed by atoms with Crippen molar-refractivity contribution in [1.29, 1.82) is 0 Å². The molecule has 5 heterocycles. The van der Waals surface area contributed by atoms with E-state index in [4.69, 9.17) is 28.9 Å². The van der Waals surface area contributed by atoms with Gasteiger partial charge in [-0.2, -0.15) is 0 Å². The average molecular weight is 1510 g/mol. The van der Waals surface area contributed by atoms with Gasteiger partial charge in [-0.05, 0) is 182 Å². The van der Waals surface area contributed by atoms with Crippen LogP contribution in [-0.2, 0) is 12.8 Å². The first kappa shape index (κ1) is 83.2. The van der Waals surface area contributed by atoms with Gasteiger partial charge >= 0.3 is 5.97 Å². The Bertz CT molecular complexity index is 4550. The van der Waals surface area contributed by atoms with Crippen LogP contribution in [0.15, 0.2) is 146 Å². The lowest BCUT2D eigenvalue weighted by molar-refractivity contribution is 0.0699. The maximum Gasteiger partial charge on any atom is 0.336 e. The average Bonchev–Trinajstić information content (AvgIpc) is 1.57. The Morgan fingerprint density at radius 2 is 0.714 bits per heavy atom. The monoisotopic (exact) mass is 1500 g/mol. The summed E-state index contributed by atoms with van der Waals surface area (Å²) in [7, 11) is 0. The van der Waals surface area contributed by atoms with E-state index in [2.05, 4.69) is 202 Å². The summed E-state index contributed by atoms with van der Waals surface area (Å²) in [5, 5.41) is 11.8. The zero-order valence-corrected chi connectivity index (χ0v) is 68.4. The van der Waals surface area contributed by atoms with E-state index in [1.54, 1.807) is 6.07 Å². The van der Waals surface area contributed by atoms with E-state index in [0.717, 1.165) is 178 Å². The molecule has 0 saturated carbocycles. The summed E-state index contributed by atoms with van der Waals surface area (Å²) in [5.74, 6) is 9.19. The van der Waals surface area contributed by atoms with Gasteiger partial charge in [0.25, 0.3) is 0 Å². The van der Waals surface area contributed by atoms with Gasteiger partial charge in [0.05, 0.1) is 88.2 Å². The Kier molecular flexibility index (Phi) is 33.4. The van der Waals surface area contributed by atoms with E-state index >= 15 is 0 Å². The number of aryl methyl sites for hydroxylation is 2. The van der Waals surface area contributed by atoms with Crippen molar-refractivity contribution >= 4 is 80.2 Å². The molecule has 11 rings (SSSR count). The first-order valence-electron chi connectivity index (χ1n) is 43.4. The predicted molar refractivity (Wildman–Crippen MR) is 472 cm³/mol. The molecular weight excluding hydrogens is 1380 g/mol. The van der Waals surface area contributed by atoms with Gasteiger partial charge < -0.3 is 38.9 Å². The molecule has 2 aliphatic rings. The number of anilines is 3. The lowest BCUT2D eigenvalue weighted by Gasteiger charge is -2.27. The summed E-state index contributed by atoms with van der Waals surface area (Å²) in [6.07, 6.45) is 47.4. The number of carbonyl (C=O) groups is 1. The highest BCUT2D eigenvalue weighted by Gasteiger charge is 2.27. The van der Waals surface area contributed by atoms with Gasteiger partial charge in [-0.1, -0.05) is 281 Å². The molecule has 0 radical (unpaired) electrons. The van der Waals surface area contributed by atoms with Crippen molar-refractivity contribution in [3.63, 3.8) is 0 Å². The van der Waals surface area contributed by atoms with Crippen LogP contribution in [-0.4, -0.2) is 57.4 Å². The lowest BCUT2D eigenvalue weighted by atomic mass is 9.99. The minimum atomic E-state index is -0.992. The fraction of sp³-hybridized carbons (Fsp3) is 0.436. The number of hydrogen-bond acceptors (Lipinski definition) is 8. The summed E-state index contributed by atoms with van der Waals surface area (Å²) < 4.78 is 28.5. The molecular formula is C101H125N5O6. The molecule has 0 atom stereocenters. The van der Waals surface area contributed by atoms with Crippen LogP contribution in [0.25, 0.3) is 79.4 Å². The van der Waals surface area contributed by atoms with E-state index in [0.29, 0.717) is 54.3 Å². The number of rotatable bonds is 48. The number of aromatic nitrogens is 4. The number of fused-ring (bicyclic) bond motifs is 9. The molecule has 8 bridgehead atoms. The third kappa shape index (κ3) is 23.0. The Morgan fingerprint density at radius 1 is 0.348 bits per heavy atom. The smallest absolute Gasteiger partial charge is 0.336 e. The predicted octanol–water partition coefficient (Wildman–Crippen LogP) is 28.9. The molecule has 11 nitrogen and oxygen atoms in total. The summed E-state index contributed by atoms with van der Waals surface area (Å²) >= 11 is 0. The SMILES string of the molecule is CCCCCCCCOc1cccc(OCCCCCCCC)c1-c1c2nc(c(N(c3ccc(CCCCCC)cc3)c3ccc(CCCCCC)cc3)c3ccc([nH]3)c(-c3c(OCCCCCCCC)cccc3OCCCCCCCC)c3nc(c(C#Cc4ccc(C(=O)O)c5ccccc45)c4ccc1[nH]4)C=C3)C=C2. The van der Waals surface area contributed by atoms with Crippen molar-refractivity contribution < 1.29 is 28.8 Å². The Morgan fingerprint density at radius 3 is 1.15 bits per heavy atom. The molecule has 112 heavy (non-hydrogen) atoms. The molecule has 3 aromatic heterocycles. The zero-order valence-electron chi connectivity index (χ0n) is 68.4. The van der Waals surface area contributed by atoms with Crippen molar-refractivity contribution in [3.05, 3.63) is 196 Å². The molecule has 0 fully saturated rings. The van der Waals surface area contributed by atoms with Crippen molar-refractivity contribution in [3.8, 4) is 57.1 Å². The standard InChI is InChI=1S/C101H125N5O6/c1-7-13-19-25-29-37-71-109-92-47-41-48-93(110-72-38-30-26-20-14-8-2)98(92)96-86-65-63-84(102-86)83(62-56-77-55-61-82(101(107)108)81-46-36-35-45-80(77)81)85-64-66-87(103-85)97(99-94(111-73-39-31-27-21-15-9-3)49-42-50-95(99)112-74-40-32-28-22-16-10-4)89-68-70-91(105-89)100(90-69-67-88(96)104-90)106(78-57-51-75(52-58-78)43-33-23-17-11-5)79-59-53-76(54-60-79)44-34-24-18-12-6/h35-36,41-42,45-55,57-61,63-70,102,105H,7-34,37-40,43-44,71-74H2,1-6H3,(H,107,108). The molecule has 9 aromatic rings. The van der Waals surface area contributed by atoms with Crippen molar-refractivity contribution in [2.45, 2.75) is 260 Å². The Balaban J connectivity index is 1.24. The van der Waals surface area contributed by atoms with Gasteiger partial charge in [0.1, 0.15) is 23.0 Å². The van der Waals surface area contributed by atoms with Crippen LogP contribution in [0.5, 0.6) is 23.0 Å². The molecule has 0 aliphatic carbocycles. The number of ether oxygens (including phenoxy) is 4. The number of aromatic carboxylic acids is 1. The van der Waals surface area contributed by atoms with E-state index in [9.17, 15) is 9.90 Å². The lowest BCUT2D eigenvalue weighted by Crippen LogP contribution is -2.12. The van der Waals surface area contributed by atoms with Crippen LogP contribution in [0.2, 0.25) is 0 Å². The van der Waals surface area contributed by atoms with Gasteiger partial charge in [-0.25, -0.2) is 14.8 Å². The van der Waals surface area contributed by atoms with Crippen molar-refractivity contribution in [2.24, 2.45) is 0 Å². The van der Waals surface area contributed by atoms with Crippen LogP contribution >= 0.6 is 0 Å². The maximum atomic E-state index is 12.8. The summed E-state index contributed by atoms with van der Waals surface area (Å²) in [6.45, 7) is 15.8. The molecule has 0 saturated heterocycles. The third-order valence-electron chi connectivity index (χ3n) is 22.0. The number of unbranched alkanes of at least 4 members (excludes halogenated alkanes) is 26. The summed E-state index contributed by atoms with van der Waals surface area (Å²) in [5.41, 5.74) is 16.4. The second-order valence-electron chi connectivity index (χ2n) is 30.8. The van der Waals surface area contributed by atoms with Gasteiger partial charge in [0.2, 0.25) is 0 Å². The molecule has 2 aliphatic heterocycles. The van der Waals surface area contributed by atoms with Crippen molar-refractivity contribution in [2.75, 3.05) is 31.3 Å². The number of H-pyrrole nitrogens is 2. The fourth-order valence-electron chi connectivity index (χ4n) is 15.6. The quantitative estimate of drug-likeness (QED) is 0.0252. The Labute approximate surface area is 669 Å². The minimum absolute atomic E-state index is 0.220. The number of nitrogens with zero attached hydrogens (tertiary/aromatic N) is 3. The van der Waals surface area contributed by atoms with Gasteiger partial charge in [-0.3, -0.25) is 0 Å². The number of aromatic amines is 2. The number of carboxylic acid groups (broad SMARTS) is 1. The number of hydrogen-bond donors (Lipinski definition) is 3. The fourth-order valence-corrected chi connectivity index (χ4v) is 15.6. The van der Waals surface area contributed by atoms with Gasteiger partial charge in [0.15, 0.2) is 0 Å². The highest BCUT2D eigenvalue weighted by Crippen LogP contribution is 2.48. The summed E-state index contributed by atoms with van der Waals surface area (Å²) in [4.78, 5) is 35.2. The van der Waals surface area contributed by atoms with E-state index in [1.165, 1.54) is 152 Å². The van der Waals surface area contributed by atoms with Crippen LogP contribution in [0.4, 0.5) is 17.1 Å². The topological polar surface area (TPSA) is 135 Å². The third-order valence-corrected chi connectivity index (χ3v) is 22.0. The van der Waals surface area contributed by atoms with E-state index in [-0.39, 0.29) is 5.56 Å². The molecule has 6 aromatic carbocycles. The highest BCUT2D eigenvalue weighted by atomic mass is 16.5. The zero-order chi connectivity index (χ0) is 77.9. The number of benzene rings is 6. The van der Waals surface area contributed by atoms with Gasteiger partial charge in [-0.15, -0.1) is 0 Å². The largest absolute Gasteiger partial charge is 0.493 e. The van der Waals surface area contributed by atoms with Crippen LogP contribution < -0.4 is 23.8 Å². The Hall–Kier alpha value is -9.79. The second kappa shape index (κ2) is 45.0. The van der Waals surface area contributed by atoms with Crippen LogP contribution in [0, 0.1) is 11.8 Å². The van der Waals surface area contributed by atoms with E-state index in [1.807, 2.05) is 30.3 Å². The molecule has 0 spiro atoms. The molecule has 0 unspecified atom stereocenters. The van der Waals surface area contributed by atoms with Crippen molar-refractivity contribution in [1.82, 2.24) is 19.9 Å². The molecule has 3 N–H and O–H groups in total. The molecule has 11 heteroatoms. The normalized spacial score (nSPS) is 11.7. The molecule has 590 valence electrons. The van der Waals surface area contributed by atoms with E-state index < -0.39 is 5.97 Å². The first-order valence-corrected chi connectivity index (χ1v) is 43.4. The summed E-state index contributed by atoms with van der Waals surface area (Å²) in [6, 6.07) is 50.8. The number of nitrogens with one attached hydrogen (secondary N) is 2. The number of carboxylic acids is 1. The first-order chi connectivity index (χ1) is 55.2. The van der Waals surface area contributed by atoms with Gasteiger partial charge in [0, 0.05) is 39.1 Å².